The van der Waals surface area contributed by atoms with Gasteiger partial charge >= 0.3 is 0 Å². The van der Waals surface area contributed by atoms with Crippen LogP contribution in [0.4, 0.5) is 5.69 Å². The van der Waals surface area contributed by atoms with Gasteiger partial charge in [-0.15, -0.1) is 13.2 Å². The second kappa shape index (κ2) is 14.7. The van der Waals surface area contributed by atoms with E-state index in [0.29, 0.717) is 36.4 Å². The fourth-order valence-electron chi connectivity index (χ4n) is 4.19. The van der Waals surface area contributed by atoms with Gasteiger partial charge in [0.15, 0.2) is 0 Å². The van der Waals surface area contributed by atoms with Gasteiger partial charge in [-0.05, 0) is 55.0 Å². The monoisotopic (exact) mass is 470 g/mol. The van der Waals surface area contributed by atoms with E-state index >= 15 is 0 Å². The molecule has 1 saturated carbocycles. The average Bonchev–Trinajstić information content (AvgIpc) is 2.84. The molecule has 0 aliphatic heterocycles. The van der Waals surface area contributed by atoms with Crippen molar-refractivity contribution in [3.63, 3.8) is 0 Å². The SMILES string of the molecule is C=CCO/C(=C/C=C/Oc1c(Cl)cc(N(CC=C)CC=C)cc1CC)C(N)C1CCCCC1. The number of hydrogen-bond donors (Lipinski definition) is 1. The highest BCUT2D eigenvalue weighted by atomic mass is 35.5. The molecule has 1 aliphatic carbocycles. The van der Waals surface area contributed by atoms with Crippen LogP contribution >= 0.6 is 11.6 Å². The van der Waals surface area contributed by atoms with E-state index in [1.54, 1.807) is 12.3 Å². The summed E-state index contributed by atoms with van der Waals surface area (Å²) in [5.74, 6) is 1.88. The smallest absolute Gasteiger partial charge is 0.148 e. The number of benzene rings is 1. The summed E-state index contributed by atoms with van der Waals surface area (Å²) in [5, 5.41) is 0.568. The summed E-state index contributed by atoms with van der Waals surface area (Å²) in [6.45, 7) is 15.4. The van der Waals surface area contributed by atoms with Crippen LogP contribution in [0.5, 0.6) is 5.75 Å². The van der Waals surface area contributed by atoms with Crippen LogP contribution in [0.25, 0.3) is 0 Å². The van der Waals surface area contributed by atoms with Crippen LogP contribution < -0.4 is 15.4 Å². The lowest BCUT2D eigenvalue weighted by Crippen LogP contribution is -2.34. The Kier molecular flexibility index (Phi) is 11.9. The molecule has 0 aromatic heterocycles. The number of nitrogens with zero attached hydrogens (tertiary/aromatic N) is 1. The van der Waals surface area contributed by atoms with Gasteiger partial charge in [-0.2, -0.15) is 0 Å². The molecule has 1 aromatic carbocycles. The van der Waals surface area contributed by atoms with E-state index in [9.17, 15) is 0 Å². The summed E-state index contributed by atoms with van der Waals surface area (Å²) < 4.78 is 11.8. The molecule has 180 valence electrons. The minimum atomic E-state index is -0.121. The zero-order valence-corrected chi connectivity index (χ0v) is 20.7. The molecule has 1 unspecified atom stereocenters. The number of aryl methyl sites for hydroxylation is 1. The Bertz CT molecular complexity index is 831. The van der Waals surface area contributed by atoms with Crippen molar-refractivity contribution in [2.24, 2.45) is 11.7 Å². The Balaban J connectivity index is 2.18. The standard InChI is InChI=1S/C28H39ClN2O2/c1-5-16-31(17-6-2)24-20-22(8-4)28(25(29)21-24)33-19-12-15-26(32-18-7-3)27(30)23-13-10-9-11-14-23/h5-7,12,15,19-21,23,27H,1-3,8-11,13-14,16-18,30H2,4H3/b19-12+,26-15+. The Hall–Kier alpha value is -2.43. The summed E-state index contributed by atoms with van der Waals surface area (Å²) in [4.78, 5) is 2.16. The maximum Gasteiger partial charge on any atom is 0.148 e. The van der Waals surface area contributed by atoms with Crippen molar-refractivity contribution in [2.75, 3.05) is 24.6 Å². The topological polar surface area (TPSA) is 47.7 Å². The third kappa shape index (κ3) is 8.13. The van der Waals surface area contributed by atoms with Crippen LogP contribution in [0.15, 0.2) is 74.3 Å². The Morgan fingerprint density at radius 2 is 1.85 bits per heavy atom. The molecule has 33 heavy (non-hydrogen) atoms. The van der Waals surface area contributed by atoms with Crippen molar-refractivity contribution >= 4 is 17.3 Å². The zero-order chi connectivity index (χ0) is 24.1. The van der Waals surface area contributed by atoms with Crippen molar-refractivity contribution in [1.29, 1.82) is 0 Å². The first kappa shape index (κ1) is 26.8. The first-order valence-corrected chi connectivity index (χ1v) is 12.2. The molecule has 0 heterocycles. The Labute approximate surface area is 205 Å². The third-order valence-electron chi connectivity index (χ3n) is 5.93. The molecule has 4 nitrogen and oxygen atoms in total. The van der Waals surface area contributed by atoms with E-state index in [2.05, 4.69) is 37.6 Å². The van der Waals surface area contributed by atoms with Crippen LogP contribution in [-0.4, -0.2) is 25.7 Å². The van der Waals surface area contributed by atoms with Crippen molar-refractivity contribution < 1.29 is 9.47 Å². The van der Waals surface area contributed by atoms with E-state index in [1.807, 2.05) is 30.4 Å². The van der Waals surface area contributed by atoms with Crippen molar-refractivity contribution in [3.05, 3.63) is 84.9 Å². The maximum absolute atomic E-state index is 6.61. The molecule has 1 aliphatic rings. The number of nitrogens with two attached hydrogens (primary N) is 1. The van der Waals surface area contributed by atoms with Gasteiger partial charge in [-0.25, -0.2) is 0 Å². The van der Waals surface area contributed by atoms with Gasteiger partial charge in [-0.1, -0.05) is 62.6 Å². The molecule has 0 bridgehead atoms. The van der Waals surface area contributed by atoms with Gasteiger partial charge in [-0.3, -0.25) is 0 Å². The molecule has 2 N–H and O–H groups in total. The number of anilines is 1. The van der Waals surface area contributed by atoms with E-state index in [-0.39, 0.29) is 6.04 Å². The number of allylic oxidation sites excluding steroid dienone is 2. The highest BCUT2D eigenvalue weighted by molar-refractivity contribution is 6.32. The van der Waals surface area contributed by atoms with E-state index in [1.165, 1.54) is 19.3 Å². The van der Waals surface area contributed by atoms with Crippen LogP contribution in [0.2, 0.25) is 5.02 Å². The minimum Gasteiger partial charge on any atom is -0.492 e. The van der Waals surface area contributed by atoms with Gasteiger partial charge in [0, 0.05) is 18.8 Å². The maximum atomic E-state index is 6.61. The fraction of sp³-hybridized carbons (Fsp3) is 0.429. The predicted molar refractivity (Wildman–Crippen MR) is 142 cm³/mol. The highest BCUT2D eigenvalue weighted by Crippen LogP contribution is 2.35. The summed E-state index contributed by atoms with van der Waals surface area (Å²) in [7, 11) is 0. The lowest BCUT2D eigenvalue weighted by atomic mass is 9.83. The number of rotatable bonds is 14. The molecule has 2 rings (SSSR count). The van der Waals surface area contributed by atoms with Crippen molar-refractivity contribution in [1.82, 2.24) is 0 Å². The third-order valence-corrected chi connectivity index (χ3v) is 6.21. The molecule has 5 heteroatoms. The fourth-order valence-corrected chi connectivity index (χ4v) is 4.46. The summed E-state index contributed by atoms with van der Waals surface area (Å²) in [5.41, 5.74) is 8.60. The second-order valence-corrected chi connectivity index (χ2v) is 8.70. The molecule has 0 saturated heterocycles. The van der Waals surface area contributed by atoms with Gasteiger partial charge in [0.05, 0.1) is 17.3 Å². The normalized spacial score (nSPS) is 15.8. The summed E-state index contributed by atoms with van der Waals surface area (Å²) in [6.07, 6.45) is 17.7. The molecule has 1 fully saturated rings. The lowest BCUT2D eigenvalue weighted by Gasteiger charge is -2.28. The first-order valence-electron chi connectivity index (χ1n) is 11.9. The van der Waals surface area contributed by atoms with E-state index in [0.717, 1.165) is 36.3 Å². The number of hydrogen-bond acceptors (Lipinski definition) is 4. The number of ether oxygens (including phenoxy) is 2. The molecule has 1 atom stereocenters. The van der Waals surface area contributed by atoms with Gasteiger partial charge in [0.25, 0.3) is 0 Å². The van der Waals surface area contributed by atoms with Crippen LogP contribution in [-0.2, 0) is 11.2 Å². The van der Waals surface area contributed by atoms with Crippen molar-refractivity contribution in [2.45, 2.75) is 51.5 Å². The summed E-state index contributed by atoms with van der Waals surface area (Å²) >= 11 is 6.61. The van der Waals surface area contributed by atoms with Crippen LogP contribution in [0, 0.1) is 5.92 Å². The largest absolute Gasteiger partial charge is 0.492 e. The molecule has 0 spiro atoms. The van der Waals surface area contributed by atoms with Gasteiger partial charge in [0.2, 0.25) is 0 Å². The minimum absolute atomic E-state index is 0.121. The van der Waals surface area contributed by atoms with Crippen molar-refractivity contribution in [3.8, 4) is 5.75 Å². The van der Waals surface area contributed by atoms with E-state index < -0.39 is 0 Å². The Morgan fingerprint density at radius 3 is 2.45 bits per heavy atom. The van der Waals surface area contributed by atoms with Gasteiger partial charge in [0.1, 0.15) is 18.1 Å². The highest BCUT2D eigenvalue weighted by Gasteiger charge is 2.24. The van der Waals surface area contributed by atoms with Gasteiger partial charge < -0.3 is 20.1 Å². The first-order chi connectivity index (χ1) is 16.0. The Morgan fingerprint density at radius 1 is 1.15 bits per heavy atom. The summed E-state index contributed by atoms with van der Waals surface area (Å²) in [6, 6.07) is 3.91. The quantitative estimate of drug-likeness (QED) is 0.181. The van der Waals surface area contributed by atoms with E-state index in [4.69, 9.17) is 26.8 Å². The molecule has 0 amide bonds. The molecular weight excluding hydrogens is 432 g/mol. The predicted octanol–water partition coefficient (Wildman–Crippen LogP) is 6.97. The van der Waals surface area contributed by atoms with Crippen LogP contribution in [0.1, 0.15) is 44.6 Å². The average molecular weight is 471 g/mol. The van der Waals surface area contributed by atoms with Crippen LogP contribution in [0.3, 0.4) is 0 Å². The number of halogens is 1. The zero-order valence-electron chi connectivity index (χ0n) is 20.0. The lowest BCUT2D eigenvalue weighted by molar-refractivity contribution is 0.191. The molecule has 0 radical (unpaired) electrons. The molecular formula is C28H39ClN2O2. The second-order valence-electron chi connectivity index (χ2n) is 8.29. The molecule has 1 aromatic rings.